The second kappa shape index (κ2) is 7.54. The third-order valence-corrected chi connectivity index (χ3v) is 2.23. The van der Waals surface area contributed by atoms with E-state index >= 15 is 0 Å². The summed E-state index contributed by atoms with van der Waals surface area (Å²) in [6, 6.07) is 6.65. The Kier molecular flexibility index (Phi) is 6.72. The van der Waals surface area contributed by atoms with Gasteiger partial charge in [0.15, 0.2) is 0 Å². The predicted molar refractivity (Wildman–Crippen MR) is 74.3 cm³/mol. The Labute approximate surface area is 99.7 Å². The van der Waals surface area contributed by atoms with Gasteiger partial charge in [0.25, 0.3) is 0 Å². The zero-order valence-electron chi connectivity index (χ0n) is 10.7. The minimum Gasteiger partial charge on any atom is -0.115 e. The van der Waals surface area contributed by atoms with E-state index in [1.54, 1.807) is 0 Å². The van der Waals surface area contributed by atoms with Gasteiger partial charge in [-0.3, -0.25) is 0 Å². The predicted octanol–water partition coefficient (Wildman–Crippen LogP) is 4.53. The van der Waals surface area contributed by atoms with Crippen molar-refractivity contribution in [2.45, 2.75) is 27.7 Å². The van der Waals surface area contributed by atoms with Gasteiger partial charge in [-0.05, 0) is 44.9 Å². The van der Waals surface area contributed by atoms with E-state index in [2.05, 4.69) is 70.9 Å². The molecule has 0 saturated heterocycles. The molecule has 0 bridgehead atoms. The highest BCUT2D eigenvalue weighted by Gasteiger charge is 1.96. The molecule has 0 heterocycles. The first kappa shape index (κ1) is 14.3. The van der Waals surface area contributed by atoms with Crippen LogP contribution in [0.15, 0.2) is 36.9 Å². The van der Waals surface area contributed by atoms with Crippen LogP contribution in [0.2, 0.25) is 0 Å². The largest absolute Gasteiger partial charge is 0.115 e. The number of benzene rings is 1. The fourth-order valence-electron chi connectivity index (χ4n) is 1.37. The van der Waals surface area contributed by atoms with Crippen LogP contribution in [0.25, 0.3) is 5.57 Å². The van der Waals surface area contributed by atoms with Crippen molar-refractivity contribution in [3.63, 3.8) is 0 Å². The number of hydrogen-bond acceptors (Lipinski definition) is 0. The molecular formula is C16H20. The van der Waals surface area contributed by atoms with Gasteiger partial charge in [0.1, 0.15) is 0 Å². The van der Waals surface area contributed by atoms with E-state index in [9.17, 15) is 0 Å². The summed E-state index contributed by atoms with van der Waals surface area (Å²) in [5.41, 5.74) is 5.37. The molecule has 0 fully saturated rings. The van der Waals surface area contributed by atoms with Crippen LogP contribution in [0.1, 0.15) is 30.5 Å². The summed E-state index contributed by atoms with van der Waals surface area (Å²) in [5.74, 6) is 2.19. The van der Waals surface area contributed by atoms with Crippen molar-refractivity contribution in [1.82, 2.24) is 0 Å². The Bertz CT molecular complexity index is 394. The topological polar surface area (TPSA) is 0 Å². The fraction of sp³-hybridized carbons (Fsp3) is 0.250. The summed E-state index contributed by atoms with van der Waals surface area (Å²) >= 11 is 0. The quantitative estimate of drug-likeness (QED) is 0.600. The van der Waals surface area contributed by atoms with Gasteiger partial charge in [0.05, 0.1) is 0 Å². The van der Waals surface area contributed by atoms with E-state index in [1.165, 1.54) is 28.3 Å². The summed E-state index contributed by atoms with van der Waals surface area (Å²) < 4.78 is 0. The third kappa shape index (κ3) is 5.22. The first-order chi connectivity index (χ1) is 7.54. The molecule has 1 aromatic rings. The summed E-state index contributed by atoms with van der Waals surface area (Å²) in [5, 5.41) is 0. The molecule has 1 aromatic carbocycles. The lowest BCUT2D eigenvalue weighted by atomic mass is 10.0. The third-order valence-electron chi connectivity index (χ3n) is 2.23. The Morgan fingerprint density at radius 1 is 1.25 bits per heavy atom. The molecule has 0 unspecified atom stereocenters. The van der Waals surface area contributed by atoms with Crippen LogP contribution in [0.3, 0.4) is 0 Å². The molecule has 0 radical (unpaired) electrons. The molecule has 0 atom stereocenters. The molecule has 0 aliphatic heterocycles. The highest BCUT2D eigenvalue weighted by Crippen LogP contribution is 2.16. The summed E-state index contributed by atoms with van der Waals surface area (Å²) in [6.45, 7) is 11.7. The van der Waals surface area contributed by atoms with Crippen molar-refractivity contribution in [1.29, 1.82) is 0 Å². The van der Waals surface area contributed by atoms with Crippen LogP contribution >= 0.6 is 0 Å². The highest BCUT2D eigenvalue weighted by atomic mass is 14.0. The first-order valence-corrected chi connectivity index (χ1v) is 5.33. The number of allylic oxidation sites excluding steroid dienone is 3. The maximum atomic E-state index is 4.66. The van der Waals surface area contributed by atoms with Crippen molar-refractivity contribution in [2.24, 2.45) is 0 Å². The van der Waals surface area contributed by atoms with Crippen molar-refractivity contribution in [3.8, 4) is 12.3 Å². The normalized spacial score (nSPS) is 9.81. The van der Waals surface area contributed by atoms with Gasteiger partial charge in [-0.2, -0.15) is 0 Å². The van der Waals surface area contributed by atoms with Crippen molar-refractivity contribution < 1.29 is 0 Å². The lowest BCUT2D eigenvalue weighted by molar-refractivity contribution is 1.36. The molecule has 0 saturated carbocycles. The molecule has 1 rings (SSSR count). The molecule has 84 valence electrons. The second-order valence-electron chi connectivity index (χ2n) is 3.72. The van der Waals surface area contributed by atoms with E-state index in [0.717, 1.165) is 0 Å². The van der Waals surface area contributed by atoms with Crippen molar-refractivity contribution in [2.75, 3.05) is 0 Å². The first-order valence-electron chi connectivity index (χ1n) is 5.33. The molecule has 0 N–H and O–H groups in total. The summed E-state index contributed by atoms with van der Waals surface area (Å²) in [7, 11) is 0. The standard InChI is InChI=1S/C12H16.C4H4/c1-5-11(4)12-7-9(2)6-10(3)8-12;1-3-4-2/h5-8H,1-4H3;1,4H,2H2/b11-5+;. The molecule has 0 nitrogen and oxygen atoms in total. The molecule has 16 heavy (non-hydrogen) atoms. The van der Waals surface area contributed by atoms with E-state index < -0.39 is 0 Å². The van der Waals surface area contributed by atoms with Gasteiger partial charge in [-0.15, -0.1) is 6.42 Å². The van der Waals surface area contributed by atoms with Crippen LogP contribution in [0.4, 0.5) is 0 Å². The van der Waals surface area contributed by atoms with E-state index in [0.29, 0.717) is 0 Å². The lowest BCUT2D eigenvalue weighted by Gasteiger charge is -2.04. The second-order valence-corrected chi connectivity index (χ2v) is 3.72. The Morgan fingerprint density at radius 2 is 1.69 bits per heavy atom. The van der Waals surface area contributed by atoms with Crippen molar-refractivity contribution >= 4 is 5.57 Å². The smallest absolute Gasteiger partial charge is 0.0194 e. The minimum absolute atomic E-state index is 1.34. The van der Waals surface area contributed by atoms with Gasteiger partial charge in [0, 0.05) is 0 Å². The van der Waals surface area contributed by atoms with Crippen LogP contribution < -0.4 is 0 Å². The summed E-state index contributed by atoms with van der Waals surface area (Å²) in [6.07, 6.45) is 8.21. The lowest BCUT2D eigenvalue weighted by Crippen LogP contribution is -1.83. The average molecular weight is 212 g/mol. The zero-order chi connectivity index (χ0) is 12.6. The number of terminal acetylenes is 1. The molecule has 0 heteroatoms. The SMILES string of the molecule is C#CC=C.C/C=C(\C)c1cc(C)cc(C)c1. The van der Waals surface area contributed by atoms with Crippen LogP contribution in [0.5, 0.6) is 0 Å². The van der Waals surface area contributed by atoms with Crippen LogP contribution in [-0.4, -0.2) is 0 Å². The van der Waals surface area contributed by atoms with Gasteiger partial charge in [-0.25, -0.2) is 0 Å². The Morgan fingerprint density at radius 3 is 2.00 bits per heavy atom. The summed E-state index contributed by atoms with van der Waals surface area (Å²) in [4.78, 5) is 0. The Hall–Kier alpha value is -1.74. The maximum Gasteiger partial charge on any atom is -0.0194 e. The molecule has 0 aliphatic carbocycles. The van der Waals surface area contributed by atoms with E-state index in [1.807, 2.05) is 0 Å². The molecule has 0 amide bonds. The number of hydrogen-bond donors (Lipinski definition) is 0. The molecule has 0 spiro atoms. The van der Waals surface area contributed by atoms with Gasteiger partial charge in [-0.1, -0.05) is 47.9 Å². The monoisotopic (exact) mass is 212 g/mol. The zero-order valence-corrected chi connectivity index (χ0v) is 10.7. The molecule has 0 aromatic heterocycles. The van der Waals surface area contributed by atoms with Gasteiger partial charge < -0.3 is 0 Å². The number of aryl methyl sites for hydroxylation is 2. The van der Waals surface area contributed by atoms with Crippen LogP contribution in [-0.2, 0) is 0 Å². The molecule has 0 aliphatic rings. The Balaban J connectivity index is 0.000000487. The maximum absolute atomic E-state index is 4.66. The minimum atomic E-state index is 1.34. The highest BCUT2D eigenvalue weighted by molar-refractivity contribution is 5.64. The molecular weight excluding hydrogens is 192 g/mol. The van der Waals surface area contributed by atoms with E-state index in [4.69, 9.17) is 0 Å². The van der Waals surface area contributed by atoms with Crippen LogP contribution in [0, 0.1) is 26.2 Å². The average Bonchev–Trinajstić information content (AvgIpc) is 2.27. The fourth-order valence-corrected chi connectivity index (χ4v) is 1.37. The number of rotatable bonds is 1. The van der Waals surface area contributed by atoms with Gasteiger partial charge in [0.2, 0.25) is 0 Å². The van der Waals surface area contributed by atoms with E-state index in [-0.39, 0.29) is 0 Å². The van der Waals surface area contributed by atoms with Gasteiger partial charge >= 0.3 is 0 Å². The van der Waals surface area contributed by atoms with Crippen molar-refractivity contribution in [3.05, 3.63) is 53.6 Å².